The van der Waals surface area contributed by atoms with Crippen LogP contribution in [-0.4, -0.2) is 37.8 Å². The SMILES string of the molecule is Cn1c(Sc2cnccn2)nnc1C1CCCNC1. The first-order valence-corrected chi connectivity index (χ1v) is 7.20. The van der Waals surface area contributed by atoms with E-state index in [4.69, 9.17) is 0 Å². The lowest BCUT2D eigenvalue weighted by Gasteiger charge is -2.21. The third kappa shape index (κ3) is 2.76. The summed E-state index contributed by atoms with van der Waals surface area (Å²) in [7, 11) is 2.02. The summed E-state index contributed by atoms with van der Waals surface area (Å²) in [5.41, 5.74) is 0. The molecule has 3 rings (SSSR count). The van der Waals surface area contributed by atoms with Gasteiger partial charge in [-0.2, -0.15) is 0 Å². The molecule has 0 radical (unpaired) electrons. The molecule has 7 heteroatoms. The summed E-state index contributed by atoms with van der Waals surface area (Å²) in [5, 5.41) is 13.7. The van der Waals surface area contributed by atoms with Crippen molar-refractivity contribution in [3.05, 3.63) is 24.4 Å². The first-order chi connectivity index (χ1) is 9.34. The van der Waals surface area contributed by atoms with Gasteiger partial charge in [-0.05, 0) is 31.1 Å². The Morgan fingerprint density at radius 1 is 1.37 bits per heavy atom. The lowest BCUT2D eigenvalue weighted by Crippen LogP contribution is -2.29. The highest BCUT2D eigenvalue weighted by molar-refractivity contribution is 7.99. The molecular formula is C12H16N6S. The van der Waals surface area contributed by atoms with Gasteiger partial charge in [0.05, 0.1) is 6.20 Å². The predicted molar refractivity (Wildman–Crippen MR) is 72.0 cm³/mol. The van der Waals surface area contributed by atoms with Gasteiger partial charge in [0.25, 0.3) is 0 Å². The molecule has 1 N–H and O–H groups in total. The van der Waals surface area contributed by atoms with Crippen LogP contribution in [0.4, 0.5) is 0 Å². The summed E-state index contributed by atoms with van der Waals surface area (Å²) in [6, 6.07) is 0. The molecule has 3 heterocycles. The van der Waals surface area contributed by atoms with Crippen LogP contribution in [0.3, 0.4) is 0 Å². The summed E-state index contributed by atoms with van der Waals surface area (Å²) < 4.78 is 2.07. The van der Waals surface area contributed by atoms with E-state index in [9.17, 15) is 0 Å². The summed E-state index contributed by atoms with van der Waals surface area (Å²) in [6.45, 7) is 2.09. The molecular weight excluding hydrogens is 260 g/mol. The normalized spacial score (nSPS) is 19.5. The first-order valence-electron chi connectivity index (χ1n) is 6.38. The number of piperidine rings is 1. The van der Waals surface area contributed by atoms with Crippen molar-refractivity contribution in [1.29, 1.82) is 0 Å². The summed E-state index contributed by atoms with van der Waals surface area (Å²) in [5.74, 6) is 1.51. The van der Waals surface area contributed by atoms with E-state index in [2.05, 4.69) is 30.0 Å². The number of nitrogens with zero attached hydrogens (tertiary/aromatic N) is 5. The van der Waals surface area contributed by atoms with Gasteiger partial charge in [-0.3, -0.25) is 4.98 Å². The van der Waals surface area contributed by atoms with Gasteiger partial charge in [0.1, 0.15) is 10.9 Å². The Kier molecular flexibility index (Phi) is 3.74. The second-order valence-corrected chi connectivity index (χ2v) is 5.58. The molecule has 1 aliphatic heterocycles. The van der Waals surface area contributed by atoms with E-state index >= 15 is 0 Å². The highest BCUT2D eigenvalue weighted by atomic mass is 32.2. The van der Waals surface area contributed by atoms with Gasteiger partial charge in [-0.15, -0.1) is 10.2 Å². The van der Waals surface area contributed by atoms with Gasteiger partial charge in [0.2, 0.25) is 0 Å². The van der Waals surface area contributed by atoms with Crippen LogP contribution in [0.15, 0.2) is 28.8 Å². The second-order valence-electron chi connectivity index (χ2n) is 4.59. The van der Waals surface area contributed by atoms with Gasteiger partial charge >= 0.3 is 0 Å². The fourth-order valence-corrected chi connectivity index (χ4v) is 3.00. The molecule has 6 nitrogen and oxygen atoms in total. The van der Waals surface area contributed by atoms with Crippen LogP contribution in [0.25, 0.3) is 0 Å². The number of hydrogen-bond acceptors (Lipinski definition) is 6. The van der Waals surface area contributed by atoms with E-state index in [1.807, 2.05) is 7.05 Å². The van der Waals surface area contributed by atoms with Crippen molar-refractivity contribution in [2.45, 2.75) is 28.9 Å². The maximum absolute atomic E-state index is 4.34. The van der Waals surface area contributed by atoms with Crippen LogP contribution in [0.5, 0.6) is 0 Å². The van der Waals surface area contributed by atoms with Gasteiger partial charge in [0, 0.05) is 31.9 Å². The molecule has 0 spiro atoms. The topological polar surface area (TPSA) is 68.5 Å². The molecule has 1 aliphatic rings. The van der Waals surface area contributed by atoms with E-state index in [-0.39, 0.29) is 0 Å². The van der Waals surface area contributed by atoms with Gasteiger partial charge < -0.3 is 9.88 Å². The van der Waals surface area contributed by atoms with Crippen LogP contribution in [-0.2, 0) is 7.05 Å². The number of hydrogen-bond donors (Lipinski definition) is 1. The maximum atomic E-state index is 4.34. The average molecular weight is 276 g/mol. The third-order valence-corrected chi connectivity index (χ3v) is 4.22. The predicted octanol–water partition coefficient (Wildman–Crippen LogP) is 1.22. The van der Waals surface area contributed by atoms with Crippen LogP contribution in [0.2, 0.25) is 0 Å². The van der Waals surface area contributed by atoms with Crippen molar-refractivity contribution >= 4 is 11.8 Å². The Balaban J connectivity index is 1.78. The van der Waals surface area contributed by atoms with E-state index < -0.39 is 0 Å². The third-order valence-electron chi connectivity index (χ3n) is 3.27. The van der Waals surface area contributed by atoms with Crippen molar-refractivity contribution in [2.24, 2.45) is 7.05 Å². The molecule has 1 saturated heterocycles. The Morgan fingerprint density at radius 2 is 2.32 bits per heavy atom. The molecule has 0 bridgehead atoms. The zero-order valence-corrected chi connectivity index (χ0v) is 11.6. The largest absolute Gasteiger partial charge is 0.316 e. The molecule has 1 fully saturated rings. The molecule has 0 amide bonds. The molecule has 1 unspecified atom stereocenters. The van der Waals surface area contributed by atoms with Crippen molar-refractivity contribution in [1.82, 2.24) is 30.0 Å². The van der Waals surface area contributed by atoms with E-state index in [0.29, 0.717) is 5.92 Å². The fourth-order valence-electron chi connectivity index (χ4n) is 2.27. The smallest absolute Gasteiger partial charge is 0.197 e. The first kappa shape index (κ1) is 12.6. The van der Waals surface area contributed by atoms with Crippen molar-refractivity contribution in [2.75, 3.05) is 13.1 Å². The zero-order valence-electron chi connectivity index (χ0n) is 10.8. The highest BCUT2D eigenvalue weighted by Crippen LogP contribution is 2.27. The number of aromatic nitrogens is 5. The Hall–Kier alpha value is -1.47. The quantitative estimate of drug-likeness (QED) is 0.909. The molecule has 2 aromatic rings. The van der Waals surface area contributed by atoms with Crippen LogP contribution in [0.1, 0.15) is 24.6 Å². The fraction of sp³-hybridized carbons (Fsp3) is 0.500. The van der Waals surface area contributed by atoms with Gasteiger partial charge in [-0.25, -0.2) is 4.98 Å². The van der Waals surface area contributed by atoms with Crippen molar-refractivity contribution < 1.29 is 0 Å². The minimum Gasteiger partial charge on any atom is -0.316 e. The minimum absolute atomic E-state index is 0.461. The zero-order chi connectivity index (χ0) is 13.1. The summed E-state index contributed by atoms with van der Waals surface area (Å²) in [4.78, 5) is 8.30. The molecule has 2 aromatic heterocycles. The van der Waals surface area contributed by atoms with Crippen LogP contribution < -0.4 is 5.32 Å². The molecule has 0 aliphatic carbocycles. The van der Waals surface area contributed by atoms with Crippen LogP contribution in [0, 0.1) is 0 Å². The lowest BCUT2D eigenvalue weighted by atomic mass is 9.99. The Morgan fingerprint density at radius 3 is 3.05 bits per heavy atom. The van der Waals surface area contributed by atoms with Crippen molar-refractivity contribution in [3.8, 4) is 0 Å². The van der Waals surface area contributed by atoms with E-state index in [0.717, 1.165) is 29.1 Å². The van der Waals surface area contributed by atoms with Gasteiger partial charge in [0.15, 0.2) is 5.16 Å². The van der Waals surface area contributed by atoms with Crippen molar-refractivity contribution in [3.63, 3.8) is 0 Å². The van der Waals surface area contributed by atoms with E-state index in [1.54, 1.807) is 18.6 Å². The summed E-state index contributed by atoms with van der Waals surface area (Å²) in [6.07, 6.45) is 7.46. The number of nitrogens with one attached hydrogen (secondary N) is 1. The molecule has 0 aromatic carbocycles. The molecule has 1 atom stereocenters. The molecule has 0 saturated carbocycles. The van der Waals surface area contributed by atoms with E-state index in [1.165, 1.54) is 24.6 Å². The lowest BCUT2D eigenvalue weighted by molar-refractivity contribution is 0.436. The van der Waals surface area contributed by atoms with Crippen LogP contribution >= 0.6 is 11.8 Å². The molecule has 19 heavy (non-hydrogen) atoms. The average Bonchev–Trinajstić information content (AvgIpc) is 2.82. The second kappa shape index (κ2) is 5.66. The summed E-state index contributed by atoms with van der Waals surface area (Å²) >= 11 is 1.49. The monoisotopic (exact) mass is 276 g/mol. The Labute approximate surface area is 116 Å². The standard InChI is InChI=1S/C12H16N6S/c1-18-11(9-3-2-4-13-7-9)16-17-12(18)19-10-8-14-5-6-15-10/h5-6,8-9,13H,2-4,7H2,1H3. The Bertz CT molecular complexity index is 534. The molecule has 100 valence electrons. The highest BCUT2D eigenvalue weighted by Gasteiger charge is 2.21. The van der Waals surface area contributed by atoms with Gasteiger partial charge in [-0.1, -0.05) is 0 Å². The number of rotatable bonds is 3. The minimum atomic E-state index is 0.461. The maximum Gasteiger partial charge on any atom is 0.197 e.